The van der Waals surface area contributed by atoms with Crippen LogP contribution in [0, 0.1) is 17.6 Å². The zero-order chi connectivity index (χ0) is 19.9. The topological polar surface area (TPSA) is 41.9 Å². The molecule has 3 aromatic rings. The van der Waals surface area contributed by atoms with Crippen molar-refractivity contribution in [2.45, 2.75) is 18.8 Å². The number of nitrogens with zero attached hydrogens (tertiary/aromatic N) is 4. The number of benzene rings is 1. The Labute approximate surface area is 163 Å². The minimum Gasteiger partial charge on any atom is -0.354 e. The van der Waals surface area contributed by atoms with Crippen LogP contribution in [0.2, 0.25) is 5.15 Å². The van der Waals surface area contributed by atoms with Crippen molar-refractivity contribution in [3.8, 4) is 0 Å². The van der Waals surface area contributed by atoms with E-state index in [1.807, 2.05) is 0 Å². The van der Waals surface area contributed by atoms with Crippen LogP contribution in [0.3, 0.4) is 0 Å². The quantitative estimate of drug-likeness (QED) is 0.572. The van der Waals surface area contributed by atoms with Crippen molar-refractivity contribution in [2.24, 2.45) is 5.92 Å². The van der Waals surface area contributed by atoms with Crippen LogP contribution in [0.25, 0.3) is 11.0 Å². The maximum atomic E-state index is 14.8. The minimum atomic E-state index is -3.39. The Morgan fingerprint density at radius 3 is 2.50 bits per heavy atom. The lowest BCUT2D eigenvalue weighted by molar-refractivity contribution is -0.0761. The molecule has 2 aromatic heterocycles. The third kappa shape index (κ3) is 3.37. The Bertz CT molecular complexity index is 1020. The molecule has 1 saturated heterocycles. The molecule has 0 bridgehead atoms. The molecule has 0 N–H and O–H groups in total. The standard InChI is InChI=1S/C19H15ClF4N4/c20-17-18(27-15-3-6-25-10-16(15)26-17)28-7-4-11(5-8-28)19(23,24)13-2-1-12(21)9-14(13)22/h1-3,6,9-11H,4-5,7-8H2. The largest absolute Gasteiger partial charge is 0.354 e. The molecule has 1 aliphatic heterocycles. The fourth-order valence-corrected chi connectivity index (χ4v) is 3.76. The molecule has 0 amide bonds. The first kappa shape index (κ1) is 18.9. The number of hydrogen-bond acceptors (Lipinski definition) is 4. The van der Waals surface area contributed by atoms with Crippen molar-refractivity contribution in [3.63, 3.8) is 0 Å². The Morgan fingerprint density at radius 1 is 1.04 bits per heavy atom. The Hall–Kier alpha value is -2.48. The molecule has 1 aliphatic rings. The number of alkyl halides is 2. The molecule has 0 atom stereocenters. The van der Waals surface area contributed by atoms with Gasteiger partial charge in [0.25, 0.3) is 5.92 Å². The predicted molar refractivity (Wildman–Crippen MR) is 97.5 cm³/mol. The molecule has 0 spiro atoms. The summed E-state index contributed by atoms with van der Waals surface area (Å²) < 4.78 is 56.5. The normalized spacial score (nSPS) is 16.0. The monoisotopic (exact) mass is 410 g/mol. The molecule has 1 fully saturated rings. The molecule has 0 aliphatic carbocycles. The van der Waals surface area contributed by atoms with Crippen LogP contribution in [0.1, 0.15) is 18.4 Å². The van der Waals surface area contributed by atoms with Crippen LogP contribution in [0.4, 0.5) is 23.4 Å². The number of pyridine rings is 1. The third-order valence-electron chi connectivity index (χ3n) is 5.00. The highest BCUT2D eigenvalue weighted by atomic mass is 35.5. The molecule has 9 heteroatoms. The maximum absolute atomic E-state index is 14.8. The van der Waals surface area contributed by atoms with E-state index in [9.17, 15) is 17.6 Å². The van der Waals surface area contributed by atoms with Crippen molar-refractivity contribution in [3.05, 3.63) is 59.0 Å². The second-order valence-electron chi connectivity index (χ2n) is 6.71. The first-order chi connectivity index (χ1) is 13.4. The van der Waals surface area contributed by atoms with E-state index in [2.05, 4.69) is 15.0 Å². The summed E-state index contributed by atoms with van der Waals surface area (Å²) in [5.74, 6) is -6.15. The number of halogens is 5. The molecule has 28 heavy (non-hydrogen) atoms. The highest BCUT2D eigenvalue weighted by Crippen LogP contribution is 2.43. The van der Waals surface area contributed by atoms with E-state index >= 15 is 0 Å². The summed E-state index contributed by atoms with van der Waals surface area (Å²) in [6.07, 6.45) is 3.34. The van der Waals surface area contributed by atoms with Crippen molar-refractivity contribution in [1.82, 2.24) is 15.0 Å². The summed E-state index contributed by atoms with van der Waals surface area (Å²) >= 11 is 6.22. The van der Waals surface area contributed by atoms with Gasteiger partial charge in [-0.2, -0.15) is 0 Å². The van der Waals surface area contributed by atoms with E-state index in [0.29, 0.717) is 22.9 Å². The number of hydrogen-bond donors (Lipinski definition) is 0. The Kier molecular flexibility index (Phi) is 4.82. The van der Waals surface area contributed by atoms with E-state index in [0.717, 1.165) is 12.1 Å². The lowest BCUT2D eigenvalue weighted by Crippen LogP contribution is -2.40. The molecule has 0 saturated carbocycles. The van der Waals surface area contributed by atoms with Gasteiger partial charge < -0.3 is 4.90 Å². The van der Waals surface area contributed by atoms with Gasteiger partial charge in [0, 0.05) is 31.3 Å². The number of fused-ring (bicyclic) bond motifs is 1. The molecular formula is C19H15ClF4N4. The van der Waals surface area contributed by atoms with E-state index in [1.165, 1.54) is 0 Å². The van der Waals surface area contributed by atoms with E-state index in [1.54, 1.807) is 23.4 Å². The average Bonchev–Trinajstić information content (AvgIpc) is 2.67. The van der Waals surface area contributed by atoms with Gasteiger partial charge >= 0.3 is 0 Å². The summed E-state index contributed by atoms with van der Waals surface area (Å²) in [5, 5.41) is 0.176. The van der Waals surface area contributed by atoms with Gasteiger partial charge in [0.05, 0.1) is 17.3 Å². The van der Waals surface area contributed by atoms with Crippen LogP contribution in [0.5, 0.6) is 0 Å². The average molecular weight is 411 g/mol. The van der Waals surface area contributed by atoms with E-state index < -0.39 is 29.0 Å². The number of aromatic nitrogens is 3. The second-order valence-corrected chi connectivity index (χ2v) is 7.07. The summed E-state index contributed by atoms with van der Waals surface area (Å²) in [6.45, 7) is 0.544. The first-order valence-corrected chi connectivity index (χ1v) is 9.09. The Balaban J connectivity index is 1.54. The Morgan fingerprint density at radius 2 is 1.79 bits per heavy atom. The fourth-order valence-electron chi connectivity index (χ4n) is 3.51. The zero-order valence-corrected chi connectivity index (χ0v) is 15.3. The van der Waals surface area contributed by atoms with E-state index in [-0.39, 0.29) is 31.1 Å². The highest BCUT2D eigenvalue weighted by Gasteiger charge is 2.44. The molecule has 0 unspecified atom stereocenters. The zero-order valence-electron chi connectivity index (χ0n) is 14.5. The summed E-state index contributed by atoms with van der Waals surface area (Å²) in [7, 11) is 0. The summed E-state index contributed by atoms with van der Waals surface area (Å²) in [4.78, 5) is 14.5. The molecule has 1 aromatic carbocycles. The summed E-state index contributed by atoms with van der Waals surface area (Å²) in [6, 6.07) is 3.84. The number of anilines is 1. The smallest absolute Gasteiger partial charge is 0.278 e. The van der Waals surface area contributed by atoms with E-state index in [4.69, 9.17) is 11.6 Å². The highest BCUT2D eigenvalue weighted by molar-refractivity contribution is 6.32. The van der Waals surface area contributed by atoms with Crippen LogP contribution in [-0.4, -0.2) is 28.0 Å². The van der Waals surface area contributed by atoms with Gasteiger partial charge in [-0.25, -0.2) is 27.5 Å². The minimum absolute atomic E-state index is 0.107. The fraction of sp³-hybridized carbons (Fsp3) is 0.316. The van der Waals surface area contributed by atoms with Crippen LogP contribution in [0.15, 0.2) is 36.7 Å². The van der Waals surface area contributed by atoms with Crippen molar-refractivity contribution in [1.29, 1.82) is 0 Å². The summed E-state index contributed by atoms with van der Waals surface area (Å²) in [5.41, 5.74) is 0.378. The van der Waals surface area contributed by atoms with Gasteiger partial charge in [-0.05, 0) is 31.0 Å². The van der Waals surface area contributed by atoms with Crippen LogP contribution >= 0.6 is 11.6 Å². The van der Waals surface area contributed by atoms with Gasteiger partial charge in [-0.15, -0.1) is 0 Å². The molecular weight excluding hydrogens is 396 g/mol. The lowest BCUT2D eigenvalue weighted by Gasteiger charge is -2.36. The van der Waals surface area contributed by atoms with Crippen LogP contribution in [-0.2, 0) is 5.92 Å². The van der Waals surface area contributed by atoms with Gasteiger partial charge in [-0.3, -0.25) is 4.98 Å². The second kappa shape index (κ2) is 7.16. The molecule has 0 radical (unpaired) electrons. The van der Waals surface area contributed by atoms with Crippen molar-refractivity contribution >= 4 is 28.5 Å². The number of rotatable bonds is 3. The molecule has 3 heterocycles. The van der Waals surface area contributed by atoms with Gasteiger partial charge in [0.15, 0.2) is 11.0 Å². The molecule has 4 rings (SSSR count). The van der Waals surface area contributed by atoms with Gasteiger partial charge in [0.2, 0.25) is 0 Å². The van der Waals surface area contributed by atoms with Gasteiger partial charge in [-0.1, -0.05) is 11.6 Å². The van der Waals surface area contributed by atoms with Crippen molar-refractivity contribution in [2.75, 3.05) is 18.0 Å². The molecule has 146 valence electrons. The lowest BCUT2D eigenvalue weighted by atomic mass is 9.86. The SMILES string of the molecule is Fc1ccc(C(F)(F)C2CCN(c3nc4ccncc4nc3Cl)CC2)c(F)c1. The van der Waals surface area contributed by atoms with Crippen LogP contribution < -0.4 is 4.90 Å². The van der Waals surface area contributed by atoms with Crippen molar-refractivity contribution < 1.29 is 17.6 Å². The number of piperidine rings is 1. The first-order valence-electron chi connectivity index (χ1n) is 8.72. The third-order valence-corrected chi connectivity index (χ3v) is 5.26. The maximum Gasteiger partial charge on any atom is 0.278 e. The predicted octanol–water partition coefficient (Wildman–Crippen LogP) is 4.96. The molecule has 4 nitrogen and oxygen atoms in total. The van der Waals surface area contributed by atoms with Gasteiger partial charge in [0.1, 0.15) is 17.2 Å².